The third kappa shape index (κ3) is 26.6. The van der Waals surface area contributed by atoms with Gasteiger partial charge < -0.3 is 14.9 Å². The van der Waals surface area contributed by atoms with E-state index in [0.717, 1.165) is 19.4 Å². The second kappa shape index (κ2) is 16.2. The van der Waals surface area contributed by atoms with Crippen LogP contribution in [0.3, 0.4) is 0 Å². The van der Waals surface area contributed by atoms with Gasteiger partial charge in [0.25, 0.3) is 6.47 Å². The van der Waals surface area contributed by atoms with Crippen molar-refractivity contribution in [1.82, 2.24) is 0 Å². The Kier molecular flexibility index (Phi) is 19.2. The zero-order valence-corrected chi connectivity index (χ0v) is 6.82. The molecule has 0 saturated carbocycles. The van der Waals surface area contributed by atoms with Gasteiger partial charge >= 0.3 is 0 Å². The molecule has 0 unspecified atom stereocenters. The molecular formula is C7H16O4. The van der Waals surface area contributed by atoms with Crippen molar-refractivity contribution in [2.45, 2.75) is 19.8 Å². The minimum Gasteiger partial charge on any atom is -0.483 e. The molecule has 0 aromatic heterocycles. The number of unbranched alkanes of at least 4 members (excludes halogenated alkanes) is 1. The largest absolute Gasteiger partial charge is 0.483 e. The lowest BCUT2D eigenvalue weighted by atomic mass is 10.4. The quantitative estimate of drug-likeness (QED) is 0.458. The van der Waals surface area contributed by atoms with Gasteiger partial charge in [-0.15, -0.1) is 0 Å². The first kappa shape index (κ1) is 13.0. The van der Waals surface area contributed by atoms with Crippen LogP contribution in [0.2, 0.25) is 0 Å². The molecule has 0 fully saturated rings. The summed E-state index contributed by atoms with van der Waals surface area (Å²) in [5, 5.41) is 15.1. The van der Waals surface area contributed by atoms with Crippen molar-refractivity contribution in [3.8, 4) is 0 Å². The van der Waals surface area contributed by atoms with Gasteiger partial charge in [0.15, 0.2) is 0 Å². The molecule has 0 radical (unpaired) electrons. The number of aliphatic hydroxyl groups is 1. The average Bonchev–Trinajstić information content (AvgIpc) is 2.00. The fraction of sp³-hybridized carbons (Fsp3) is 0.857. The lowest BCUT2D eigenvalue weighted by Gasteiger charge is -1.97. The predicted molar refractivity (Wildman–Crippen MR) is 41.5 cm³/mol. The maximum absolute atomic E-state index is 8.36. The molecule has 0 aliphatic heterocycles. The van der Waals surface area contributed by atoms with E-state index in [-0.39, 0.29) is 13.1 Å². The van der Waals surface area contributed by atoms with E-state index < -0.39 is 0 Å². The van der Waals surface area contributed by atoms with E-state index in [1.807, 2.05) is 0 Å². The van der Waals surface area contributed by atoms with Crippen LogP contribution in [0.15, 0.2) is 0 Å². The van der Waals surface area contributed by atoms with E-state index in [1.165, 1.54) is 0 Å². The average molecular weight is 164 g/mol. The van der Waals surface area contributed by atoms with E-state index in [1.54, 1.807) is 0 Å². The van der Waals surface area contributed by atoms with Crippen LogP contribution >= 0.6 is 0 Å². The van der Waals surface area contributed by atoms with Gasteiger partial charge in [-0.2, -0.15) is 0 Å². The SMILES string of the molecule is CCCCOCCO.O=CO. The number of aliphatic hydroxyl groups excluding tert-OH is 1. The monoisotopic (exact) mass is 164 g/mol. The fourth-order valence-corrected chi connectivity index (χ4v) is 0.413. The highest BCUT2D eigenvalue weighted by Crippen LogP contribution is 1.85. The molecular weight excluding hydrogens is 148 g/mol. The lowest BCUT2D eigenvalue weighted by molar-refractivity contribution is -0.122. The minimum atomic E-state index is -0.250. The summed E-state index contributed by atoms with van der Waals surface area (Å²) in [5.41, 5.74) is 0. The van der Waals surface area contributed by atoms with Crippen LogP contribution in [0.4, 0.5) is 0 Å². The Hall–Kier alpha value is -0.610. The summed E-state index contributed by atoms with van der Waals surface area (Å²) >= 11 is 0. The first-order chi connectivity index (χ1) is 5.33. The summed E-state index contributed by atoms with van der Waals surface area (Å²) < 4.78 is 4.97. The lowest BCUT2D eigenvalue weighted by Crippen LogP contribution is -1.99. The standard InChI is InChI=1S/C6H14O2.CH2O2/c1-2-3-5-8-6-4-7;2-1-3/h7H,2-6H2,1H3;1H,(H,2,3). The first-order valence-corrected chi connectivity index (χ1v) is 3.59. The number of hydrogen-bond donors (Lipinski definition) is 2. The number of carboxylic acid groups (broad SMARTS) is 1. The second-order valence-electron chi connectivity index (χ2n) is 1.79. The van der Waals surface area contributed by atoms with E-state index in [2.05, 4.69) is 6.92 Å². The van der Waals surface area contributed by atoms with Crippen molar-refractivity contribution in [2.75, 3.05) is 19.8 Å². The van der Waals surface area contributed by atoms with Gasteiger partial charge in [0.1, 0.15) is 0 Å². The number of carbonyl (C=O) groups is 1. The van der Waals surface area contributed by atoms with Gasteiger partial charge in [-0.05, 0) is 6.42 Å². The van der Waals surface area contributed by atoms with Crippen molar-refractivity contribution >= 4 is 6.47 Å². The molecule has 0 amide bonds. The zero-order chi connectivity index (χ0) is 8.95. The predicted octanol–water partition coefficient (Wildman–Crippen LogP) is 0.496. The Labute approximate surface area is 66.8 Å². The molecule has 4 nitrogen and oxygen atoms in total. The normalized spacial score (nSPS) is 8.18. The topological polar surface area (TPSA) is 66.8 Å². The number of rotatable bonds is 5. The smallest absolute Gasteiger partial charge is 0.290 e. The minimum absolute atomic E-state index is 0.143. The van der Waals surface area contributed by atoms with Crippen molar-refractivity contribution in [1.29, 1.82) is 0 Å². The van der Waals surface area contributed by atoms with Gasteiger partial charge in [-0.25, -0.2) is 0 Å². The van der Waals surface area contributed by atoms with Crippen LogP contribution in [-0.4, -0.2) is 36.5 Å². The molecule has 0 bridgehead atoms. The first-order valence-electron chi connectivity index (χ1n) is 3.59. The number of ether oxygens (including phenoxy) is 1. The molecule has 0 atom stereocenters. The molecule has 4 heteroatoms. The van der Waals surface area contributed by atoms with Crippen LogP contribution in [0.25, 0.3) is 0 Å². The van der Waals surface area contributed by atoms with Crippen LogP contribution in [0.5, 0.6) is 0 Å². The Morgan fingerprint density at radius 1 is 1.45 bits per heavy atom. The molecule has 68 valence electrons. The van der Waals surface area contributed by atoms with Gasteiger partial charge in [-0.3, -0.25) is 4.79 Å². The molecule has 0 aliphatic carbocycles. The van der Waals surface area contributed by atoms with E-state index >= 15 is 0 Å². The Balaban J connectivity index is 0. The summed E-state index contributed by atoms with van der Waals surface area (Å²) in [4.78, 5) is 8.36. The second-order valence-corrected chi connectivity index (χ2v) is 1.79. The van der Waals surface area contributed by atoms with Crippen molar-refractivity contribution in [3.05, 3.63) is 0 Å². The molecule has 2 N–H and O–H groups in total. The third-order valence-electron chi connectivity index (χ3n) is 0.878. The Morgan fingerprint density at radius 2 is 2.00 bits per heavy atom. The van der Waals surface area contributed by atoms with E-state index in [0.29, 0.717) is 6.61 Å². The van der Waals surface area contributed by atoms with Gasteiger partial charge in [0.05, 0.1) is 13.2 Å². The van der Waals surface area contributed by atoms with Gasteiger partial charge in [0.2, 0.25) is 0 Å². The van der Waals surface area contributed by atoms with Crippen molar-refractivity contribution in [2.24, 2.45) is 0 Å². The van der Waals surface area contributed by atoms with E-state index in [4.69, 9.17) is 19.7 Å². The maximum atomic E-state index is 8.36. The van der Waals surface area contributed by atoms with Crippen LogP contribution in [0, 0.1) is 0 Å². The summed E-state index contributed by atoms with van der Waals surface area (Å²) in [7, 11) is 0. The molecule has 11 heavy (non-hydrogen) atoms. The van der Waals surface area contributed by atoms with Gasteiger partial charge in [-0.1, -0.05) is 13.3 Å². The third-order valence-corrected chi connectivity index (χ3v) is 0.878. The summed E-state index contributed by atoms with van der Waals surface area (Å²) in [6.07, 6.45) is 2.26. The van der Waals surface area contributed by atoms with E-state index in [9.17, 15) is 0 Å². The number of hydrogen-bond acceptors (Lipinski definition) is 3. The molecule has 0 saturated heterocycles. The summed E-state index contributed by atoms with van der Waals surface area (Å²) in [5.74, 6) is 0. The van der Waals surface area contributed by atoms with Crippen molar-refractivity contribution < 1.29 is 19.7 Å². The zero-order valence-electron chi connectivity index (χ0n) is 6.82. The Morgan fingerprint density at radius 3 is 2.36 bits per heavy atom. The molecule has 0 spiro atoms. The fourth-order valence-electron chi connectivity index (χ4n) is 0.413. The summed E-state index contributed by atoms with van der Waals surface area (Å²) in [6, 6.07) is 0. The molecule has 0 rings (SSSR count). The molecule has 0 aliphatic rings. The highest BCUT2D eigenvalue weighted by atomic mass is 16.5. The van der Waals surface area contributed by atoms with Crippen LogP contribution < -0.4 is 0 Å². The maximum Gasteiger partial charge on any atom is 0.290 e. The van der Waals surface area contributed by atoms with Crippen LogP contribution in [-0.2, 0) is 9.53 Å². The molecule has 0 aromatic carbocycles. The highest BCUT2D eigenvalue weighted by Gasteiger charge is 1.82. The highest BCUT2D eigenvalue weighted by molar-refractivity contribution is 5.32. The molecule has 0 heterocycles. The van der Waals surface area contributed by atoms with Crippen molar-refractivity contribution in [3.63, 3.8) is 0 Å². The summed E-state index contributed by atoms with van der Waals surface area (Å²) in [6.45, 7) is 3.28. The molecule has 0 aromatic rings. The van der Waals surface area contributed by atoms with Gasteiger partial charge in [0, 0.05) is 6.61 Å². The van der Waals surface area contributed by atoms with Crippen LogP contribution in [0.1, 0.15) is 19.8 Å². The Bertz CT molecular complexity index is 59.5.